The summed E-state index contributed by atoms with van der Waals surface area (Å²) >= 11 is 0. The number of hydrogen-bond acceptors (Lipinski definition) is 4. The predicted molar refractivity (Wildman–Crippen MR) is 77.9 cm³/mol. The van der Waals surface area contributed by atoms with Gasteiger partial charge in [0.25, 0.3) is 5.69 Å². The summed E-state index contributed by atoms with van der Waals surface area (Å²) in [5, 5.41) is 20.5. The fourth-order valence-electron chi connectivity index (χ4n) is 1.86. The van der Waals surface area contributed by atoms with E-state index in [0.717, 1.165) is 16.7 Å². The van der Waals surface area contributed by atoms with Gasteiger partial charge in [-0.05, 0) is 48.7 Å². The van der Waals surface area contributed by atoms with Crippen molar-refractivity contribution in [1.29, 1.82) is 0 Å². The number of nitrogens with zero attached hydrogens (tertiary/aromatic N) is 2. The van der Waals surface area contributed by atoms with Gasteiger partial charge in [-0.2, -0.15) is 0 Å². The van der Waals surface area contributed by atoms with Gasteiger partial charge in [-0.15, -0.1) is 0 Å². The highest BCUT2D eigenvalue weighted by Gasteiger charge is 2.05. The van der Waals surface area contributed by atoms with Gasteiger partial charge in [0.15, 0.2) is 0 Å². The number of hydrogen-bond donors (Lipinski definition) is 1. The van der Waals surface area contributed by atoms with Gasteiger partial charge in [0.05, 0.1) is 4.92 Å². The second-order valence-electron chi connectivity index (χ2n) is 4.56. The van der Waals surface area contributed by atoms with Gasteiger partial charge in [-0.1, -0.05) is 6.07 Å². The fourth-order valence-corrected chi connectivity index (χ4v) is 1.86. The summed E-state index contributed by atoms with van der Waals surface area (Å²) in [6.45, 7) is 3.74. The molecule has 5 nitrogen and oxygen atoms in total. The van der Waals surface area contributed by atoms with E-state index in [1.165, 1.54) is 12.1 Å². The van der Waals surface area contributed by atoms with Crippen LogP contribution in [0.5, 0.6) is 5.75 Å². The van der Waals surface area contributed by atoms with Gasteiger partial charge in [0.1, 0.15) is 11.4 Å². The van der Waals surface area contributed by atoms with E-state index in [2.05, 4.69) is 4.99 Å². The number of phenolic OH excluding ortho intramolecular Hbond substituents is 1. The molecule has 0 radical (unpaired) electrons. The van der Waals surface area contributed by atoms with Gasteiger partial charge in [0, 0.05) is 18.3 Å². The van der Waals surface area contributed by atoms with Crippen LogP contribution in [0.25, 0.3) is 0 Å². The zero-order valence-corrected chi connectivity index (χ0v) is 11.2. The molecule has 0 spiro atoms. The first kappa shape index (κ1) is 13.7. The van der Waals surface area contributed by atoms with Gasteiger partial charge in [0.2, 0.25) is 0 Å². The summed E-state index contributed by atoms with van der Waals surface area (Å²) in [5.74, 6) is 0.147. The summed E-state index contributed by atoms with van der Waals surface area (Å²) in [6.07, 6.45) is 1.57. The van der Waals surface area contributed by atoms with Crippen molar-refractivity contribution in [3.63, 3.8) is 0 Å². The molecule has 2 rings (SSSR count). The molecule has 0 fully saturated rings. The molecule has 0 saturated heterocycles. The predicted octanol–water partition coefficient (Wildman–Crippen LogP) is 3.67. The Labute approximate surface area is 116 Å². The number of non-ortho nitro benzene ring substituents is 1. The van der Waals surface area contributed by atoms with Crippen LogP contribution in [0.2, 0.25) is 0 Å². The van der Waals surface area contributed by atoms with Crippen LogP contribution in [-0.2, 0) is 0 Å². The van der Waals surface area contributed by atoms with Crippen LogP contribution in [-0.4, -0.2) is 16.2 Å². The van der Waals surface area contributed by atoms with Crippen LogP contribution >= 0.6 is 0 Å². The topological polar surface area (TPSA) is 75.7 Å². The lowest BCUT2D eigenvalue weighted by molar-refractivity contribution is -0.384. The summed E-state index contributed by atoms with van der Waals surface area (Å²) in [6, 6.07) is 9.72. The third kappa shape index (κ3) is 3.00. The van der Waals surface area contributed by atoms with E-state index >= 15 is 0 Å². The van der Waals surface area contributed by atoms with E-state index in [1.54, 1.807) is 24.4 Å². The molecule has 0 heterocycles. The molecular weight excluding hydrogens is 256 g/mol. The summed E-state index contributed by atoms with van der Waals surface area (Å²) in [5.41, 5.74) is 3.03. The Kier molecular flexibility index (Phi) is 3.79. The van der Waals surface area contributed by atoms with Crippen LogP contribution < -0.4 is 0 Å². The second kappa shape index (κ2) is 5.52. The first-order chi connectivity index (χ1) is 9.47. The zero-order chi connectivity index (χ0) is 14.7. The average Bonchev–Trinajstić information content (AvgIpc) is 2.41. The molecule has 0 amide bonds. The lowest BCUT2D eigenvalue weighted by Gasteiger charge is -2.04. The maximum atomic E-state index is 10.6. The van der Waals surface area contributed by atoms with Crippen molar-refractivity contribution in [3.05, 3.63) is 63.2 Å². The van der Waals surface area contributed by atoms with Crippen LogP contribution in [0.15, 0.2) is 41.4 Å². The Morgan fingerprint density at radius 2 is 1.85 bits per heavy atom. The number of nitro groups is 1. The molecule has 0 aliphatic carbocycles. The fraction of sp³-hybridized carbons (Fsp3) is 0.133. The highest BCUT2D eigenvalue weighted by atomic mass is 16.6. The molecule has 0 atom stereocenters. The van der Waals surface area contributed by atoms with Crippen LogP contribution in [0.4, 0.5) is 11.4 Å². The Morgan fingerprint density at radius 3 is 2.45 bits per heavy atom. The molecule has 0 aliphatic heterocycles. The number of benzene rings is 2. The van der Waals surface area contributed by atoms with Crippen molar-refractivity contribution < 1.29 is 10.0 Å². The Balaban J connectivity index is 2.27. The number of aryl methyl sites for hydroxylation is 2. The normalized spacial score (nSPS) is 10.9. The van der Waals surface area contributed by atoms with Crippen molar-refractivity contribution in [1.82, 2.24) is 0 Å². The minimum atomic E-state index is -0.448. The third-order valence-corrected chi connectivity index (χ3v) is 2.88. The molecule has 102 valence electrons. The first-order valence-electron chi connectivity index (χ1n) is 6.06. The highest BCUT2D eigenvalue weighted by Crippen LogP contribution is 2.31. The summed E-state index contributed by atoms with van der Waals surface area (Å²) in [7, 11) is 0. The molecular formula is C15H14N2O3. The molecule has 2 aromatic carbocycles. The number of aliphatic imine (C=N–C) groups is 1. The number of nitro benzene ring substituents is 1. The lowest BCUT2D eigenvalue weighted by Crippen LogP contribution is -1.88. The number of aromatic hydroxyl groups is 1. The van der Waals surface area contributed by atoms with Gasteiger partial charge >= 0.3 is 0 Å². The van der Waals surface area contributed by atoms with E-state index in [0.29, 0.717) is 5.69 Å². The summed E-state index contributed by atoms with van der Waals surface area (Å²) in [4.78, 5) is 14.3. The van der Waals surface area contributed by atoms with Crippen LogP contribution in [0.1, 0.15) is 16.7 Å². The molecule has 0 bridgehead atoms. The van der Waals surface area contributed by atoms with E-state index in [1.807, 2.05) is 19.9 Å². The van der Waals surface area contributed by atoms with E-state index < -0.39 is 4.92 Å². The van der Waals surface area contributed by atoms with Gasteiger partial charge in [-0.25, -0.2) is 0 Å². The van der Waals surface area contributed by atoms with Gasteiger partial charge < -0.3 is 5.11 Å². The standard InChI is InChI=1S/C15H14N2O3/c1-10-7-11(2)15(18)14(8-10)16-9-12-3-5-13(6-4-12)17(19)20/h3-9,18H,1-2H3/b16-9-. The van der Waals surface area contributed by atoms with Gasteiger partial charge in [-0.3, -0.25) is 15.1 Å². The highest BCUT2D eigenvalue weighted by molar-refractivity contribution is 5.83. The Bertz CT molecular complexity index is 676. The van der Waals surface area contributed by atoms with Crippen molar-refractivity contribution in [2.75, 3.05) is 0 Å². The van der Waals surface area contributed by atoms with Crippen molar-refractivity contribution in [2.24, 2.45) is 4.99 Å². The third-order valence-electron chi connectivity index (χ3n) is 2.88. The maximum Gasteiger partial charge on any atom is 0.269 e. The summed E-state index contributed by atoms with van der Waals surface area (Å²) < 4.78 is 0. The van der Waals surface area contributed by atoms with E-state index in [9.17, 15) is 15.2 Å². The Morgan fingerprint density at radius 1 is 1.20 bits per heavy atom. The van der Waals surface area contributed by atoms with Crippen molar-refractivity contribution >= 4 is 17.6 Å². The zero-order valence-electron chi connectivity index (χ0n) is 11.2. The quantitative estimate of drug-likeness (QED) is 0.525. The molecule has 0 aromatic heterocycles. The van der Waals surface area contributed by atoms with Crippen molar-refractivity contribution in [3.8, 4) is 5.75 Å². The maximum absolute atomic E-state index is 10.6. The van der Waals surface area contributed by atoms with Crippen molar-refractivity contribution in [2.45, 2.75) is 13.8 Å². The minimum absolute atomic E-state index is 0.0383. The molecule has 0 unspecified atom stereocenters. The smallest absolute Gasteiger partial charge is 0.269 e. The molecule has 0 aliphatic rings. The Hall–Kier alpha value is -2.69. The van der Waals surface area contributed by atoms with E-state index in [-0.39, 0.29) is 11.4 Å². The minimum Gasteiger partial charge on any atom is -0.505 e. The number of rotatable bonds is 3. The monoisotopic (exact) mass is 270 g/mol. The SMILES string of the molecule is Cc1cc(C)c(O)c(/N=C\c2ccc([N+](=O)[O-])cc2)c1. The molecule has 5 heteroatoms. The van der Waals surface area contributed by atoms with Crippen LogP contribution in [0, 0.1) is 24.0 Å². The molecule has 2 aromatic rings. The molecule has 0 saturated carbocycles. The largest absolute Gasteiger partial charge is 0.505 e. The van der Waals surface area contributed by atoms with Crippen LogP contribution in [0.3, 0.4) is 0 Å². The average molecular weight is 270 g/mol. The second-order valence-corrected chi connectivity index (χ2v) is 4.56. The van der Waals surface area contributed by atoms with E-state index in [4.69, 9.17) is 0 Å². The first-order valence-corrected chi connectivity index (χ1v) is 6.06. The lowest BCUT2D eigenvalue weighted by atomic mass is 10.1. The molecule has 20 heavy (non-hydrogen) atoms. The number of phenols is 1. The molecule has 1 N–H and O–H groups in total.